The number of halogens is 1. The second-order valence-corrected chi connectivity index (χ2v) is 6.84. The van der Waals surface area contributed by atoms with E-state index < -0.39 is 0 Å². The minimum absolute atomic E-state index is 0.0164. The fraction of sp³-hybridized carbons (Fsp3) is 0.474. The van der Waals surface area contributed by atoms with Crippen molar-refractivity contribution in [2.45, 2.75) is 44.7 Å². The molecule has 1 N–H and O–H groups in total. The van der Waals surface area contributed by atoms with Crippen LogP contribution in [0.15, 0.2) is 28.8 Å². The summed E-state index contributed by atoms with van der Waals surface area (Å²) >= 11 is 0. The Hall–Kier alpha value is -2.21. The lowest BCUT2D eigenvalue weighted by atomic mass is 9.91. The normalized spacial score (nSPS) is 19.9. The zero-order valence-electron chi connectivity index (χ0n) is 14.1. The number of likely N-dealkylation sites (tertiary alicyclic amines) is 1. The van der Waals surface area contributed by atoms with Gasteiger partial charge in [0.2, 0.25) is 0 Å². The quantitative estimate of drug-likeness (QED) is 0.927. The maximum atomic E-state index is 13.8. The summed E-state index contributed by atoms with van der Waals surface area (Å²) < 4.78 is 19.2. The lowest BCUT2D eigenvalue weighted by Gasteiger charge is -2.23. The number of aromatic nitrogens is 1. The summed E-state index contributed by atoms with van der Waals surface area (Å²) in [5, 5.41) is 7.47. The van der Waals surface area contributed by atoms with E-state index >= 15 is 0 Å². The molecule has 4 rings (SSSR count). The minimum Gasteiger partial charge on any atom is -0.360 e. The molecule has 25 heavy (non-hydrogen) atoms. The number of benzene rings is 1. The summed E-state index contributed by atoms with van der Waals surface area (Å²) in [6, 6.07) is 6.99. The number of fused-ring (bicyclic) bond motifs is 1. The first-order valence-electron chi connectivity index (χ1n) is 8.96. The number of carbonyl (C=O) groups is 1. The van der Waals surface area contributed by atoms with Gasteiger partial charge in [-0.15, -0.1) is 0 Å². The molecule has 2 aliphatic rings. The summed E-state index contributed by atoms with van der Waals surface area (Å²) in [5.74, 6) is 0.616. The third kappa shape index (κ3) is 3.31. The zero-order valence-corrected chi connectivity index (χ0v) is 14.1. The number of nitrogens with zero attached hydrogens (tertiary/aromatic N) is 2. The average molecular weight is 343 g/mol. The molecule has 2 aromatic rings. The van der Waals surface area contributed by atoms with Crippen molar-refractivity contribution in [3.8, 4) is 0 Å². The molecule has 1 amide bonds. The van der Waals surface area contributed by atoms with E-state index in [9.17, 15) is 9.18 Å². The summed E-state index contributed by atoms with van der Waals surface area (Å²) in [4.78, 5) is 14.5. The largest absolute Gasteiger partial charge is 0.360 e. The Labute approximate surface area is 146 Å². The second kappa shape index (κ2) is 6.96. The number of hydrogen-bond acceptors (Lipinski definition) is 4. The van der Waals surface area contributed by atoms with Gasteiger partial charge < -0.3 is 14.7 Å². The Bertz CT molecular complexity index is 768. The first-order valence-corrected chi connectivity index (χ1v) is 8.96. The minimum atomic E-state index is -0.193. The molecule has 1 fully saturated rings. The van der Waals surface area contributed by atoms with Crippen LogP contribution >= 0.6 is 0 Å². The number of aryl methyl sites for hydroxylation is 1. The van der Waals surface area contributed by atoms with Crippen LogP contribution in [0, 0.1) is 5.82 Å². The molecule has 1 atom stereocenters. The van der Waals surface area contributed by atoms with E-state index in [2.05, 4.69) is 10.5 Å². The van der Waals surface area contributed by atoms with Crippen molar-refractivity contribution in [2.75, 3.05) is 13.1 Å². The van der Waals surface area contributed by atoms with Gasteiger partial charge in [-0.3, -0.25) is 4.79 Å². The Morgan fingerprint density at radius 2 is 2.12 bits per heavy atom. The third-order valence-electron chi connectivity index (χ3n) is 5.17. The van der Waals surface area contributed by atoms with Crippen LogP contribution < -0.4 is 5.32 Å². The van der Waals surface area contributed by atoms with E-state index in [1.165, 1.54) is 6.07 Å². The number of rotatable bonds is 4. The highest BCUT2D eigenvalue weighted by molar-refractivity contribution is 5.94. The van der Waals surface area contributed by atoms with Crippen LogP contribution in [0.4, 0.5) is 4.39 Å². The fourth-order valence-corrected chi connectivity index (χ4v) is 3.71. The third-order valence-corrected chi connectivity index (χ3v) is 5.17. The van der Waals surface area contributed by atoms with Crippen LogP contribution in [0.25, 0.3) is 0 Å². The maximum Gasteiger partial charge on any atom is 0.276 e. The van der Waals surface area contributed by atoms with Crippen molar-refractivity contribution in [3.63, 3.8) is 0 Å². The van der Waals surface area contributed by atoms with E-state index in [4.69, 9.17) is 4.52 Å². The molecule has 1 saturated heterocycles. The molecule has 132 valence electrons. The van der Waals surface area contributed by atoms with Gasteiger partial charge >= 0.3 is 0 Å². The van der Waals surface area contributed by atoms with E-state index in [1.54, 1.807) is 12.1 Å². The fourth-order valence-electron chi connectivity index (χ4n) is 3.71. The highest BCUT2D eigenvalue weighted by atomic mass is 19.1. The molecule has 1 aliphatic carbocycles. The molecule has 2 heterocycles. The van der Waals surface area contributed by atoms with Gasteiger partial charge in [0.15, 0.2) is 5.69 Å². The first-order chi connectivity index (χ1) is 12.2. The number of amides is 1. The van der Waals surface area contributed by atoms with Gasteiger partial charge in [0.25, 0.3) is 5.91 Å². The van der Waals surface area contributed by atoms with Crippen molar-refractivity contribution in [3.05, 3.63) is 52.7 Å². The van der Waals surface area contributed by atoms with Crippen LogP contribution in [0.5, 0.6) is 0 Å². The molecule has 1 aromatic carbocycles. The standard InChI is InChI=1S/C19H22FN3O2/c20-16-6-2-1-5-13(16)12-21-14-7-8-17-15(11-14)18(22-25-17)19(24)23-9-3-4-10-23/h1-2,5-6,14,21H,3-4,7-12H2. The predicted molar refractivity (Wildman–Crippen MR) is 90.7 cm³/mol. The Morgan fingerprint density at radius 3 is 2.92 bits per heavy atom. The summed E-state index contributed by atoms with van der Waals surface area (Å²) in [5.41, 5.74) is 2.05. The molecule has 0 radical (unpaired) electrons. The average Bonchev–Trinajstić information content (AvgIpc) is 3.30. The molecule has 6 heteroatoms. The second-order valence-electron chi connectivity index (χ2n) is 6.84. The smallest absolute Gasteiger partial charge is 0.276 e. The lowest BCUT2D eigenvalue weighted by molar-refractivity contribution is 0.0781. The van der Waals surface area contributed by atoms with Crippen molar-refractivity contribution in [2.24, 2.45) is 0 Å². The van der Waals surface area contributed by atoms with Crippen molar-refractivity contribution in [1.82, 2.24) is 15.4 Å². The zero-order chi connectivity index (χ0) is 17.2. The van der Waals surface area contributed by atoms with E-state index in [-0.39, 0.29) is 17.8 Å². The van der Waals surface area contributed by atoms with Crippen LogP contribution in [0.1, 0.15) is 46.6 Å². The van der Waals surface area contributed by atoms with Gasteiger partial charge in [0.1, 0.15) is 11.6 Å². The molecule has 1 aromatic heterocycles. The van der Waals surface area contributed by atoms with Gasteiger partial charge in [0, 0.05) is 43.2 Å². The predicted octanol–water partition coefficient (Wildman–Crippen LogP) is 2.70. The summed E-state index contributed by atoms with van der Waals surface area (Å²) in [7, 11) is 0. The van der Waals surface area contributed by atoms with Crippen LogP contribution in [-0.2, 0) is 19.4 Å². The van der Waals surface area contributed by atoms with Crippen LogP contribution in [0.3, 0.4) is 0 Å². The van der Waals surface area contributed by atoms with E-state index in [0.29, 0.717) is 24.2 Å². The molecule has 0 saturated carbocycles. The van der Waals surface area contributed by atoms with Gasteiger partial charge in [0.05, 0.1) is 0 Å². The molecule has 0 spiro atoms. The Morgan fingerprint density at radius 1 is 1.32 bits per heavy atom. The summed E-state index contributed by atoms with van der Waals surface area (Å²) in [6.45, 7) is 2.08. The highest BCUT2D eigenvalue weighted by Gasteiger charge is 2.31. The lowest BCUT2D eigenvalue weighted by Crippen LogP contribution is -2.35. The highest BCUT2D eigenvalue weighted by Crippen LogP contribution is 2.26. The SMILES string of the molecule is O=C(c1noc2c1CC(NCc1ccccc1F)CC2)N1CCCC1. The van der Waals surface area contributed by atoms with Gasteiger partial charge in [-0.25, -0.2) is 4.39 Å². The number of hydrogen-bond donors (Lipinski definition) is 1. The molecule has 1 aliphatic heterocycles. The molecular weight excluding hydrogens is 321 g/mol. The van der Waals surface area contributed by atoms with Gasteiger partial charge in [-0.1, -0.05) is 23.4 Å². The maximum absolute atomic E-state index is 13.8. The molecular formula is C19H22FN3O2. The van der Waals surface area contributed by atoms with Crippen molar-refractivity contribution < 1.29 is 13.7 Å². The molecule has 1 unspecified atom stereocenters. The van der Waals surface area contributed by atoms with E-state index in [1.807, 2.05) is 11.0 Å². The monoisotopic (exact) mass is 343 g/mol. The first kappa shape index (κ1) is 16.3. The molecule has 5 nitrogen and oxygen atoms in total. The Balaban J connectivity index is 1.44. The Kier molecular flexibility index (Phi) is 4.53. The van der Waals surface area contributed by atoms with E-state index in [0.717, 1.165) is 50.1 Å². The number of carbonyl (C=O) groups excluding carboxylic acids is 1. The molecule has 0 bridgehead atoms. The van der Waals surface area contributed by atoms with Gasteiger partial charge in [-0.05, 0) is 31.7 Å². The van der Waals surface area contributed by atoms with Crippen molar-refractivity contribution in [1.29, 1.82) is 0 Å². The number of nitrogens with one attached hydrogen (secondary N) is 1. The summed E-state index contributed by atoms with van der Waals surface area (Å²) in [6.07, 6.45) is 4.46. The van der Waals surface area contributed by atoms with Crippen LogP contribution in [0.2, 0.25) is 0 Å². The van der Waals surface area contributed by atoms with Crippen LogP contribution in [-0.4, -0.2) is 35.1 Å². The topological polar surface area (TPSA) is 58.4 Å². The van der Waals surface area contributed by atoms with Crippen molar-refractivity contribution >= 4 is 5.91 Å². The van der Waals surface area contributed by atoms with Gasteiger partial charge in [-0.2, -0.15) is 0 Å².